The molecule has 5 nitrogen and oxygen atoms in total. The summed E-state index contributed by atoms with van der Waals surface area (Å²) in [6, 6.07) is 19.2. The molecule has 1 amide bonds. The number of hydrogen-bond donors (Lipinski definition) is 1. The third-order valence-electron chi connectivity index (χ3n) is 4.74. The van der Waals surface area contributed by atoms with E-state index in [1.54, 1.807) is 17.5 Å². The summed E-state index contributed by atoms with van der Waals surface area (Å²) in [5.74, 6) is 0.518. The first-order chi connectivity index (χ1) is 14.6. The summed E-state index contributed by atoms with van der Waals surface area (Å²) >= 11 is 1.54. The van der Waals surface area contributed by atoms with Gasteiger partial charge in [0, 0.05) is 22.8 Å². The number of nitrogens with one attached hydrogen (secondary N) is 1. The van der Waals surface area contributed by atoms with Crippen LogP contribution in [0, 0.1) is 13.8 Å². The third-order valence-corrected chi connectivity index (χ3v) is 5.61. The van der Waals surface area contributed by atoms with Gasteiger partial charge in [-0.1, -0.05) is 30.3 Å². The largest absolute Gasteiger partial charge is 0.483 e. The topological polar surface area (TPSA) is 64.1 Å². The van der Waals surface area contributed by atoms with Crippen molar-refractivity contribution in [3.8, 4) is 27.7 Å². The van der Waals surface area contributed by atoms with Crippen molar-refractivity contribution in [1.82, 2.24) is 9.97 Å². The molecule has 4 rings (SSSR count). The molecular formula is C24H21N3O2S. The summed E-state index contributed by atoms with van der Waals surface area (Å²) in [4.78, 5) is 21.4. The number of amides is 1. The summed E-state index contributed by atoms with van der Waals surface area (Å²) in [5.41, 5.74) is 5.51. The van der Waals surface area contributed by atoms with E-state index in [9.17, 15) is 4.79 Å². The van der Waals surface area contributed by atoms with E-state index in [0.717, 1.165) is 38.8 Å². The molecule has 0 aliphatic heterocycles. The van der Waals surface area contributed by atoms with Crippen LogP contribution in [0.3, 0.4) is 0 Å². The lowest BCUT2D eigenvalue weighted by atomic mass is 10.1. The molecule has 150 valence electrons. The van der Waals surface area contributed by atoms with Gasteiger partial charge in [0.2, 0.25) is 0 Å². The average molecular weight is 416 g/mol. The zero-order valence-corrected chi connectivity index (χ0v) is 17.6. The predicted octanol–water partition coefficient (Wildman–Crippen LogP) is 5.51. The minimum absolute atomic E-state index is 0.0466. The minimum Gasteiger partial charge on any atom is -0.483 e. The van der Waals surface area contributed by atoms with Crippen LogP contribution in [0.25, 0.3) is 22.0 Å². The van der Waals surface area contributed by atoms with Crippen LogP contribution < -0.4 is 10.1 Å². The number of pyridine rings is 1. The van der Waals surface area contributed by atoms with Crippen LogP contribution in [-0.4, -0.2) is 22.5 Å². The Morgan fingerprint density at radius 3 is 2.73 bits per heavy atom. The molecule has 2 aromatic carbocycles. The average Bonchev–Trinajstić information content (AvgIpc) is 3.26. The van der Waals surface area contributed by atoms with E-state index in [-0.39, 0.29) is 12.5 Å². The lowest BCUT2D eigenvalue weighted by Crippen LogP contribution is -2.20. The number of aromatic nitrogens is 2. The molecule has 0 unspecified atom stereocenters. The third kappa shape index (κ3) is 4.55. The highest BCUT2D eigenvalue weighted by Gasteiger charge is 2.10. The summed E-state index contributed by atoms with van der Waals surface area (Å²) in [6.45, 7) is 3.96. The molecule has 0 saturated heterocycles. The van der Waals surface area contributed by atoms with Crippen molar-refractivity contribution in [2.75, 3.05) is 11.9 Å². The molecule has 4 aromatic rings. The SMILES string of the molecule is Cc1cccc(OCC(=O)Nc2cccc(-c3csc(-c4ccccn4)n3)c2)c1C. The molecule has 0 bridgehead atoms. The van der Waals surface area contributed by atoms with E-state index in [1.165, 1.54) is 0 Å². The quantitative estimate of drug-likeness (QED) is 0.451. The highest BCUT2D eigenvalue weighted by molar-refractivity contribution is 7.13. The van der Waals surface area contributed by atoms with Gasteiger partial charge >= 0.3 is 0 Å². The lowest BCUT2D eigenvalue weighted by molar-refractivity contribution is -0.118. The first-order valence-corrected chi connectivity index (χ1v) is 10.4. The molecule has 0 fully saturated rings. The number of rotatable bonds is 6. The number of anilines is 1. The van der Waals surface area contributed by atoms with Crippen LogP contribution in [0.1, 0.15) is 11.1 Å². The van der Waals surface area contributed by atoms with Crippen molar-refractivity contribution in [3.05, 3.63) is 83.4 Å². The molecule has 0 radical (unpaired) electrons. The van der Waals surface area contributed by atoms with Crippen molar-refractivity contribution in [1.29, 1.82) is 0 Å². The van der Waals surface area contributed by atoms with Crippen molar-refractivity contribution in [2.45, 2.75) is 13.8 Å². The fraction of sp³-hybridized carbons (Fsp3) is 0.125. The molecule has 30 heavy (non-hydrogen) atoms. The smallest absolute Gasteiger partial charge is 0.262 e. The Hall–Kier alpha value is -3.51. The van der Waals surface area contributed by atoms with Gasteiger partial charge in [-0.25, -0.2) is 4.98 Å². The van der Waals surface area contributed by atoms with Crippen molar-refractivity contribution in [3.63, 3.8) is 0 Å². The van der Waals surface area contributed by atoms with Gasteiger partial charge in [0.05, 0.1) is 11.4 Å². The maximum Gasteiger partial charge on any atom is 0.262 e. The summed E-state index contributed by atoms with van der Waals surface area (Å²) in [5, 5.41) is 5.75. The van der Waals surface area contributed by atoms with Crippen LogP contribution in [-0.2, 0) is 4.79 Å². The monoisotopic (exact) mass is 415 g/mol. The van der Waals surface area contributed by atoms with Crippen LogP contribution >= 0.6 is 11.3 Å². The second-order valence-corrected chi connectivity index (χ2v) is 7.73. The Labute approximate surface area is 179 Å². The van der Waals surface area contributed by atoms with Crippen molar-refractivity contribution in [2.24, 2.45) is 0 Å². The molecule has 0 saturated carbocycles. The number of carbonyl (C=O) groups excluding carboxylic acids is 1. The normalized spacial score (nSPS) is 10.6. The van der Waals surface area contributed by atoms with Gasteiger partial charge in [0.25, 0.3) is 5.91 Å². The highest BCUT2D eigenvalue weighted by Crippen LogP contribution is 2.29. The van der Waals surface area contributed by atoms with Crippen LogP contribution in [0.5, 0.6) is 5.75 Å². The Morgan fingerprint density at radius 1 is 1.03 bits per heavy atom. The van der Waals surface area contributed by atoms with E-state index < -0.39 is 0 Å². The van der Waals surface area contributed by atoms with Gasteiger partial charge in [-0.15, -0.1) is 11.3 Å². The number of thiazole rings is 1. The van der Waals surface area contributed by atoms with Crippen molar-refractivity contribution >= 4 is 22.9 Å². The minimum atomic E-state index is -0.208. The molecule has 1 N–H and O–H groups in total. The first kappa shape index (κ1) is 19.8. The summed E-state index contributed by atoms with van der Waals surface area (Å²) < 4.78 is 5.69. The fourth-order valence-corrected chi connectivity index (χ4v) is 3.80. The Kier molecular flexibility index (Phi) is 5.86. The molecule has 2 aromatic heterocycles. The van der Waals surface area contributed by atoms with E-state index in [2.05, 4.69) is 15.3 Å². The Morgan fingerprint density at radius 2 is 1.90 bits per heavy atom. The molecule has 0 aliphatic rings. The van der Waals surface area contributed by atoms with E-state index >= 15 is 0 Å². The molecular weight excluding hydrogens is 394 g/mol. The van der Waals surface area contributed by atoms with E-state index in [4.69, 9.17) is 4.74 Å². The maximum atomic E-state index is 12.4. The predicted molar refractivity (Wildman–Crippen MR) is 121 cm³/mol. The fourth-order valence-electron chi connectivity index (χ4n) is 2.99. The number of ether oxygens (including phenoxy) is 1. The number of benzene rings is 2. The molecule has 2 heterocycles. The number of aryl methyl sites for hydroxylation is 1. The Balaban J connectivity index is 1.43. The Bertz CT molecular complexity index is 1170. The van der Waals surface area contributed by atoms with Crippen LogP contribution in [0.15, 0.2) is 72.2 Å². The van der Waals surface area contributed by atoms with Crippen LogP contribution in [0.4, 0.5) is 5.69 Å². The van der Waals surface area contributed by atoms with Crippen LogP contribution in [0.2, 0.25) is 0 Å². The first-order valence-electron chi connectivity index (χ1n) is 9.56. The van der Waals surface area contributed by atoms with Gasteiger partial charge in [0.15, 0.2) is 6.61 Å². The summed E-state index contributed by atoms with van der Waals surface area (Å²) in [7, 11) is 0. The zero-order chi connectivity index (χ0) is 20.9. The van der Waals surface area contributed by atoms with Gasteiger partial charge < -0.3 is 10.1 Å². The standard InChI is InChI=1S/C24H21N3O2S/c1-16-7-5-11-22(17(16)2)29-14-23(28)26-19-9-6-8-18(13-19)21-15-30-24(27-21)20-10-3-4-12-25-20/h3-13,15H,14H2,1-2H3,(H,26,28). The molecule has 0 aliphatic carbocycles. The number of carbonyl (C=O) groups is 1. The molecule has 0 atom stereocenters. The molecule has 0 spiro atoms. The second kappa shape index (κ2) is 8.88. The number of nitrogens with zero attached hydrogens (tertiary/aromatic N) is 2. The van der Waals surface area contributed by atoms with Gasteiger partial charge in [-0.3, -0.25) is 9.78 Å². The van der Waals surface area contributed by atoms with Gasteiger partial charge in [0.1, 0.15) is 10.8 Å². The van der Waals surface area contributed by atoms with Gasteiger partial charge in [-0.2, -0.15) is 0 Å². The van der Waals surface area contributed by atoms with E-state index in [1.807, 2.05) is 79.9 Å². The van der Waals surface area contributed by atoms with Crippen molar-refractivity contribution < 1.29 is 9.53 Å². The number of hydrogen-bond acceptors (Lipinski definition) is 5. The van der Waals surface area contributed by atoms with Gasteiger partial charge in [-0.05, 0) is 55.3 Å². The van der Waals surface area contributed by atoms with E-state index in [0.29, 0.717) is 5.69 Å². The highest BCUT2D eigenvalue weighted by atomic mass is 32.1. The lowest BCUT2D eigenvalue weighted by Gasteiger charge is -2.11. The zero-order valence-electron chi connectivity index (χ0n) is 16.8. The summed E-state index contributed by atoms with van der Waals surface area (Å²) in [6.07, 6.45) is 1.76. The maximum absolute atomic E-state index is 12.4. The second-order valence-electron chi connectivity index (χ2n) is 6.87. The molecule has 6 heteroatoms.